The normalized spacial score (nSPS) is 21.1. The Morgan fingerprint density at radius 2 is 1.74 bits per heavy atom. The first-order valence-electron chi connectivity index (χ1n) is 9.68. The van der Waals surface area contributed by atoms with Crippen molar-refractivity contribution in [3.05, 3.63) is 42.9 Å². The molecule has 4 heterocycles. The number of piperidine rings is 2. The molecule has 0 N–H and O–H groups in total. The smallest absolute Gasteiger partial charge is 0.316 e. The van der Waals surface area contributed by atoms with Crippen LogP contribution in [0.5, 0.6) is 6.01 Å². The van der Waals surface area contributed by atoms with Crippen LogP contribution in [0.2, 0.25) is 0 Å². The largest absolute Gasteiger partial charge is 0.460 e. The van der Waals surface area contributed by atoms with E-state index in [-0.39, 0.29) is 17.9 Å². The Hall–Kier alpha value is -2.70. The minimum atomic E-state index is 0.0516. The lowest BCUT2D eigenvalue weighted by Gasteiger charge is -2.38. The third kappa shape index (κ3) is 4.35. The number of amides is 1. The lowest BCUT2D eigenvalue weighted by Crippen LogP contribution is -2.48. The molecule has 2 fully saturated rings. The van der Waals surface area contributed by atoms with Gasteiger partial charge in [0.2, 0.25) is 5.91 Å². The van der Waals surface area contributed by atoms with Gasteiger partial charge in [0, 0.05) is 57.6 Å². The summed E-state index contributed by atoms with van der Waals surface area (Å²) in [6.45, 7) is 3.19. The van der Waals surface area contributed by atoms with Crippen molar-refractivity contribution in [2.45, 2.75) is 31.8 Å². The summed E-state index contributed by atoms with van der Waals surface area (Å²) >= 11 is 0. The number of hydrogen-bond acceptors (Lipinski definition) is 6. The molecule has 0 unspecified atom stereocenters. The van der Waals surface area contributed by atoms with Crippen molar-refractivity contribution in [2.75, 3.05) is 31.1 Å². The van der Waals surface area contributed by atoms with Gasteiger partial charge in [0.05, 0.1) is 5.92 Å². The number of rotatable bonds is 4. The highest BCUT2D eigenvalue weighted by atomic mass is 16.5. The average molecular weight is 367 g/mol. The number of nitrogens with zero attached hydrogens (tertiary/aromatic N) is 5. The van der Waals surface area contributed by atoms with E-state index in [1.807, 2.05) is 29.3 Å². The summed E-state index contributed by atoms with van der Waals surface area (Å²) in [5.41, 5.74) is 0. The van der Waals surface area contributed by atoms with Gasteiger partial charge in [0.15, 0.2) is 0 Å². The van der Waals surface area contributed by atoms with Crippen LogP contribution >= 0.6 is 0 Å². The molecule has 7 heteroatoms. The van der Waals surface area contributed by atoms with E-state index in [1.165, 1.54) is 0 Å². The molecule has 4 rings (SSSR count). The highest BCUT2D eigenvalue weighted by Crippen LogP contribution is 2.25. The summed E-state index contributed by atoms with van der Waals surface area (Å²) in [7, 11) is 0. The van der Waals surface area contributed by atoms with Crippen LogP contribution in [0, 0.1) is 5.92 Å². The molecule has 142 valence electrons. The summed E-state index contributed by atoms with van der Waals surface area (Å²) in [6, 6.07) is 8.12. The average Bonchev–Trinajstić information content (AvgIpc) is 2.75. The van der Waals surface area contributed by atoms with E-state index in [1.54, 1.807) is 18.5 Å². The molecule has 1 amide bonds. The molecule has 0 radical (unpaired) electrons. The van der Waals surface area contributed by atoms with Crippen LogP contribution in [0.1, 0.15) is 25.7 Å². The van der Waals surface area contributed by atoms with Gasteiger partial charge in [-0.15, -0.1) is 0 Å². The maximum absolute atomic E-state index is 13.0. The lowest BCUT2D eigenvalue weighted by molar-refractivity contribution is -0.137. The van der Waals surface area contributed by atoms with Gasteiger partial charge >= 0.3 is 6.01 Å². The Balaban J connectivity index is 1.30. The Kier molecular flexibility index (Phi) is 5.46. The Morgan fingerprint density at radius 1 is 0.963 bits per heavy atom. The number of anilines is 1. The third-order valence-corrected chi connectivity index (χ3v) is 5.31. The Morgan fingerprint density at radius 3 is 2.48 bits per heavy atom. The highest BCUT2D eigenvalue weighted by Gasteiger charge is 2.32. The third-order valence-electron chi connectivity index (χ3n) is 5.31. The Labute approximate surface area is 159 Å². The number of pyridine rings is 1. The second kappa shape index (κ2) is 8.33. The maximum Gasteiger partial charge on any atom is 0.316 e. The van der Waals surface area contributed by atoms with E-state index < -0.39 is 0 Å². The number of ether oxygens (including phenoxy) is 1. The first-order chi connectivity index (χ1) is 13.3. The van der Waals surface area contributed by atoms with E-state index in [0.29, 0.717) is 6.01 Å². The molecule has 0 spiro atoms. The Bertz CT molecular complexity index is 735. The van der Waals surface area contributed by atoms with Crippen molar-refractivity contribution in [3.63, 3.8) is 0 Å². The van der Waals surface area contributed by atoms with E-state index >= 15 is 0 Å². The molecule has 0 saturated carbocycles. The zero-order valence-corrected chi connectivity index (χ0v) is 15.4. The minimum absolute atomic E-state index is 0.0516. The molecule has 0 aliphatic carbocycles. The molecule has 7 nitrogen and oxygen atoms in total. The molecule has 2 aromatic rings. The van der Waals surface area contributed by atoms with Crippen LogP contribution in [-0.2, 0) is 4.79 Å². The van der Waals surface area contributed by atoms with Gasteiger partial charge in [-0.25, -0.2) is 15.0 Å². The van der Waals surface area contributed by atoms with Crippen molar-refractivity contribution in [3.8, 4) is 6.01 Å². The second-order valence-electron chi connectivity index (χ2n) is 7.15. The monoisotopic (exact) mass is 367 g/mol. The molecule has 0 aromatic carbocycles. The van der Waals surface area contributed by atoms with Crippen LogP contribution < -0.4 is 9.64 Å². The molecular formula is C20H25N5O2. The van der Waals surface area contributed by atoms with E-state index in [0.717, 1.165) is 57.7 Å². The fourth-order valence-corrected chi connectivity index (χ4v) is 3.88. The number of carbonyl (C=O) groups is 1. The van der Waals surface area contributed by atoms with E-state index in [2.05, 4.69) is 19.9 Å². The predicted molar refractivity (Wildman–Crippen MR) is 101 cm³/mol. The predicted octanol–water partition coefficient (Wildman–Crippen LogP) is 2.16. The molecule has 2 aliphatic heterocycles. The van der Waals surface area contributed by atoms with Crippen LogP contribution in [0.3, 0.4) is 0 Å². The fourth-order valence-electron chi connectivity index (χ4n) is 3.88. The summed E-state index contributed by atoms with van der Waals surface area (Å²) in [6.07, 6.45) is 8.86. The van der Waals surface area contributed by atoms with Gasteiger partial charge in [0.25, 0.3) is 0 Å². The van der Waals surface area contributed by atoms with Gasteiger partial charge in [-0.05, 0) is 31.0 Å². The van der Waals surface area contributed by atoms with Crippen molar-refractivity contribution >= 4 is 11.7 Å². The van der Waals surface area contributed by atoms with Crippen LogP contribution in [0.25, 0.3) is 0 Å². The quantitative estimate of drug-likeness (QED) is 0.825. The van der Waals surface area contributed by atoms with Gasteiger partial charge in [0.1, 0.15) is 11.9 Å². The fraction of sp³-hybridized carbons (Fsp3) is 0.500. The number of carbonyl (C=O) groups excluding carboxylic acids is 1. The van der Waals surface area contributed by atoms with Crippen LogP contribution in [0.15, 0.2) is 42.9 Å². The summed E-state index contributed by atoms with van der Waals surface area (Å²) < 4.78 is 5.83. The van der Waals surface area contributed by atoms with Gasteiger partial charge < -0.3 is 14.5 Å². The number of hydrogen-bond donors (Lipinski definition) is 0. The zero-order chi connectivity index (χ0) is 18.5. The molecular weight excluding hydrogens is 342 g/mol. The first kappa shape index (κ1) is 17.7. The summed E-state index contributed by atoms with van der Waals surface area (Å²) in [5.74, 6) is 1.28. The molecule has 27 heavy (non-hydrogen) atoms. The molecule has 2 saturated heterocycles. The molecule has 2 aliphatic rings. The van der Waals surface area contributed by atoms with Crippen molar-refractivity contribution in [1.82, 2.24) is 19.9 Å². The summed E-state index contributed by atoms with van der Waals surface area (Å²) in [5, 5.41) is 0. The van der Waals surface area contributed by atoms with Crippen LogP contribution in [0.4, 0.5) is 5.82 Å². The molecule has 2 aromatic heterocycles. The number of likely N-dealkylation sites (tertiary alicyclic amines) is 1. The van der Waals surface area contributed by atoms with Crippen LogP contribution in [-0.4, -0.2) is 58.0 Å². The molecule has 1 atom stereocenters. The standard InChI is InChI=1S/C20H25N5O2/c26-19(16-5-3-12-25(15-16)18-6-1-2-9-21-18)24-13-7-17(8-14-24)27-20-22-10-4-11-23-20/h1-2,4,6,9-11,16-17H,3,5,7-8,12-15H2/t16-/m0/s1. The van der Waals surface area contributed by atoms with Crippen molar-refractivity contribution < 1.29 is 9.53 Å². The molecule has 0 bridgehead atoms. The van der Waals surface area contributed by atoms with Gasteiger partial charge in [-0.2, -0.15) is 0 Å². The van der Waals surface area contributed by atoms with E-state index in [9.17, 15) is 4.79 Å². The maximum atomic E-state index is 13.0. The first-order valence-corrected chi connectivity index (χ1v) is 9.68. The van der Waals surface area contributed by atoms with E-state index in [4.69, 9.17) is 4.74 Å². The highest BCUT2D eigenvalue weighted by molar-refractivity contribution is 5.79. The van der Waals surface area contributed by atoms with Gasteiger partial charge in [-0.1, -0.05) is 6.07 Å². The van der Waals surface area contributed by atoms with Gasteiger partial charge in [-0.3, -0.25) is 4.79 Å². The topological polar surface area (TPSA) is 71.5 Å². The minimum Gasteiger partial charge on any atom is -0.460 e. The number of aromatic nitrogens is 3. The zero-order valence-electron chi connectivity index (χ0n) is 15.4. The lowest BCUT2D eigenvalue weighted by atomic mass is 9.95. The SMILES string of the molecule is O=C([C@H]1CCCN(c2ccccn2)C1)N1CCC(Oc2ncccn2)CC1. The summed E-state index contributed by atoms with van der Waals surface area (Å²) in [4.78, 5) is 29.9. The second-order valence-corrected chi connectivity index (χ2v) is 7.15. The van der Waals surface area contributed by atoms with Crippen molar-refractivity contribution in [2.24, 2.45) is 5.92 Å². The van der Waals surface area contributed by atoms with Crippen molar-refractivity contribution in [1.29, 1.82) is 0 Å².